The van der Waals surface area contributed by atoms with Crippen molar-refractivity contribution in [2.75, 3.05) is 5.32 Å². The fourth-order valence-electron chi connectivity index (χ4n) is 5.67. The lowest BCUT2D eigenvalue weighted by atomic mass is 9.49. The van der Waals surface area contributed by atoms with Gasteiger partial charge in [0, 0.05) is 17.3 Å². The number of anilines is 1. The summed E-state index contributed by atoms with van der Waals surface area (Å²) in [4.78, 5) is 23.6. The fraction of sp³-hybridized carbons (Fsp3) is 0.579. The predicted octanol–water partition coefficient (Wildman–Crippen LogP) is 3.93. The largest absolute Gasteiger partial charge is 0.332 e. The fourth-order valence-corrected chi connectivity index (χ4v) is 5.88. The Kier molecular flexibility index (Phi) is 4.22. The van der Waals surface area contributed by atoms with E-state index in [-0.39, 0.29) is 22.1 Å². The number of hydrogen-bond acceptors (Lipinski definition) is 4. The first kappa shape index (κ1) is 17.4. The Hall–Kier alpha value is -2.02. The number of amides is 1. The van der Waals surface area contributed by atoms with Gasteiger partial charge in [-0.05, 0) is 81.5 Å². The lowest BCUT2D eigenvalue weighted by Crippen LogP contribution is -2.55. The molecule has 2 N–H and O–H groups in total. The highest BCUT2D eigenvalue weighted by Crippen LogP contribution is 2.60. The van der Waals surface area contributed by atoms with Crippen molar-refractivity contribution in [1.82, 2.24) is 5.32 Å². The Morgan fingerprint density at radius 3 is 2.31 bits per heavy atom. The van der Waals surface area contributed by atoms with E-state index in [1.807, 2.05) is 0 Å². The lowest BCUT2D eigenvalue weighted by molar-refractivity contribution is -0.385. The summed E-state index contributed by atoms with van der Waals surface area (Å²) in [5, 5.41) is 17.1. The molecular formula is C19H23N3O3S. The number of aryl methyl sites for hydroxylation is 1. The molecule has 0 aromatic heterocycles. The van der Waals surface area contributed by atoms with Crippen LogP contribution in [-0.2, 0) is 4.79 Å². The van der Waals surface area contributed by atoms with E-state index in [9.17, 15) is 14.9 Å². The molecule has 1 aromatic carbocycles. The molecule has 0 radical (unpaired) electrons. The molecule has 0 saturated heterocycles. The second kappa shape index (κ2) is 6.30. The highest BCUT2D eigenvalue weighted by atomic mass is 32.1. The number of benzene rings is 1. The average Bonchev–Trinajstić information content (AvgIpc) is 2.55. The van der Waals surface area contributed by atoms with Gasteiger partial charge < -0.3 is 10.6 Å². The van der Waals surface area contributed by atoms with E-state index < -0.39 is 4.92 Å². The van der Waals surface area contributed by atoms with Gasteiger partial charge in [-0.2, -0.15) is 0 Å². The Bertz CT molecular complexity index is 757. The molecule has 1 amide bonds. The van der Waals surface area contributed by atoms with E-state index in [4.69, 9.17) is 12.2 Å². The van der Waals surface area contributed by atoms with Gasteiger partial charge in [0.15, 0.2) is 5.11 Å². The molecule has 138 valence electrons. The molecule has 1 aromatic rings. The van der Waals surface area contributed by atoms with E-state index in [1.54, 1.807) is 19.1 Å². The van der Waals surface area contributed by atoms with Crippen LogP contribution in [0.3, 0.4) is 0 Å². The molecule has 0 heterocycles. The van der Waals surface area contributed by atoms with E-state index in [0.717, 1.165) is 19.3 Å². The Morgan fingerprint density at radius 2 is 1.77 bits per heavy atom. The zero-order chi connectivity index (χ0) is 18.5. The van der Waals surface area contributed by atoms with Gasteiger partial charge in [0.1, 0.15) is 0 Å². The van der Waals surface area contributed by atoms with Gasteiger partial charge >= 0.3 is 0 Å². The maximum Gasteiger partial charge on any atom is 0.274 e. The monoisotopic (exact) mass is 373 g/mol. The van der Waals surface area contributed by atoms with Crippen LogP contribution < -0.4 is 10.6 Å². The summed E-state index contributed by atoms with van der Waals surface area (Å²) in [5.41, 5.74) is 0.868. The van der Waals surface area contributed by atoms with E-state index in [1.165, 1.54) is 25.3 Å². The summed E-state index contributed by atoms with van der Waals surface area (Å²) in [7, 11) is 0. The smallest absolute Gasteiger partial charge is 0.274 e. The van der Waals surface area contributed by atoms with Crippen LogP contribution in [-0.4, -0.2) is 15.9 Å². The number of rotatable bonds is 3. The van der Waals surface area contributed by atoms with Gasteiger partial charge in [-0.25, -0.2) is 0 Å². The molecule has 5 rings (SSSR count). The number of carbonyl (C=O) groups excluding carboxylic acids is 1. The van der Waals surface area contributed by atoms with Crippen molar-refractivity contribution in [2.24, 2.45) is 23.2 Å². The van der Waals surface area contributed by atoms with Gasteiger partial charge in [-0.1, -0.05) is 6.07 Å². The quantitative estimate of drug-likeness (QED) is 0.476. The number of hydrogen-bond donors (Lipinski definition) is 2. The van der Waals surface area contributed by atoms with Crippen LogP contribution in [0.4, 0.5) is 11.4 Å². The summed E-state index contributed by atoms with van der Waals surface area (Å²) in [6.45, 7) is 1.69. The van der Waals surface area contributed by atoms with Crippen molar-refractivity contribution < 1.29 is 9.72 Å². The molecule has 4 aliphatic carbocycles. The van der Waals surface area contributed by atoms with Crippen LogP contribution in [0, 0.1) is 40.2 Å². The predicted molar refractivity (Wildman–Crippen MR) is 103 cm³/mol. The SMILES string of the molecule is Cc1ccc(NC(=S)NC(=O)C23CC4CC(CC(C4)C2)C3)cc1[N+](=O)[O-]. The third-order valence-corrected chi connectivity index (χ3v) is 6.61. The van der Waals surface area contributed by atoms with Crippen LogP contribution in [0.25, 0.3) is 0 Å². The Morgan fingerprint density at radius 1 is 1.19 bits per heavy atom. The summed E-state index contributed by atoms with van der Waals surface area (Å²) < 4.78 is 0. The molecule has 4 fully saturated rings. The number of nitrogens with zero attached hydrogens (tertiary/aromatic N) is 1. The third-order valence-electron chi connectivity index (χ3n) is 6.41. The molecule has 0 unspecified atom stereocenters. The molecule has 4 aliphatic rings. The molecule has 4 bridgehead atoms. The molecule has 7 heteroatoms. The standard InChI is InChI=1S/C19H23N3O3S/c1-11-2-3-15(7-16(11)22(24)25)20-18(26)21-17(23)19-8-12-4-13(9-19)6-14(5-12)10-19/h2-3,7,12-14H,4-6,8-10H2,1H3,(H2,20,21,23,26). The minimum absolute atomic E-state index is 0.0238. The van der Waals surface area contributed by atoms with Crippen LogP contribution >= 0.6 is 12.2 Å². The number of nitrogens with one attached hydrogen (secondary N) is 2. The van der Waals surface area contributed by atoms with Crippen LogP contribution in [0.2, 0.25) is 0 Å². The van der Waals surface area contributed by atoms with Crippen molar-refractivity contribution >= 4 is 34.6 Å². The van der Waals surface area contributed by atoms with Crippen LogP contribution in [0.15, 0.2) is 18.2 Å². The summed E-state index contributed by atoms with van der Waals surface area (Å²) in [6.07, 6.45) is 6.77. The van der Waals surface area contributed by atoms with Crippen molar-refractivity contribution in [2.45, 2.75) is 45.4 Å². The maximum atomic E-state index is 13.0. The molecule has 0 atom stereocenters. The van der Waals surface area contributed by atoms with Gasteiger partial charge in [0.25, 0.3) is 5.69 Å². The number of nitro groups is 1. The second-order valence-electron chi connectivity index (χ2n) is 8.36. The average molecular weight is 373 g/mol. The van der Waals surface area contributed by atoms with Crippen molar-refractivity contribution in [3.8, 4) is 0 Å². The molecule has 4 saturated carbocycles. The van der Waals surface area contributed by atoms with Gasteiger partial charge in [-0.15, -0.1) is 0 Å². The molecule has 26 heavy (non-hydrogen) atoms. The highest BCUT2D eigenvalue weighted by Gasteiger charge is 2.54. The van der Waals surface area contributed by atoms with Gasteiger partial charge in [0.2, 0.25) is 5.91 Å². The van der Waals surface area contributed by atoms with E-state index in [0.29, 0.717) is 29.0 Å². The third kappa shape index (κ3) is 3.09. The van der Waals surface area contributed by atoms with E-state index in [2.05, 4.69) is 10.6 Å². The van der Waals surface area contributed by atoms with Crippen molar-refractivity contribution in [1.29, 1.82) is 0 Å². The minimum Gasteiger partial charge on any atom is -0.332 e. The normalized spacial score (nSPS) is 31.5. The van der Waals surface area contributed by atoms with E-state index >= 15 is 0 Å². The van der Waals surface area contributed by atoms with Crippen molar-refractivity contribution in [3.63, 3.8) is 0 Å². The molecule has 6 nitrogen and oxygen atoms in total. The first-order valence-corrected chi connectivity index (χ1v) is 9.63. The molecule has 0 spiro atoms. The van der Waals surface area contributed by atoms with Crippen molar-refractivity contribution in [3.05, 3.63) is 33.9 Å². The minimum atomic E-state index is -0.419. The molecular weight excluding hydrogens is 350 g/mol. The number of nitro benzene ring substituents is 1. The zero-order valence-electron chi connectivity index (χ0n) is 14.8. The zero-order valence-corrected chi connectivity index (χ0v) is 15.6. The molecule has 0 aliphatic heterocycles. The Labute approximate surface area is 157 Å². The topological polar surface area (TPSA) is 84.3 Å². The second-order valence-corrected chi connectivity index (χ2v) is 8.77. The lowest BCUT2D eigenvalue weighted by Gasteiger charge is -2.55. The Balaban J connectivity index is 1.43. The maximum absolute atomic E-state index is 13.0. The highest BCUT2D eigenvalue weighted by molar-refractivity contribution is 7.80. The first-order chi connectivity index (χ1) is 12.3. The summed E-state index contributed by atoms with van der Waals surface area (Å²) >= 11 is 5.30. The van der Waals surface area contributed by atoms with Gasteiger partial charge in [-0.3, -0.25) is 14.9 Å². The van der Waals surface area contributed by atoms with Crippen LogP contribution in [0.5, 0.6) is 0 Å². The first-order valence-electron chi connectivity index (χ1n) is 9.22. The number of thiocarbonyl (C=S) groups is 1. The summed E-state index contributed by atoms with van der Waals surface area (Å²) in [6, 6.07) is 4.84. The van der Waals surface area contributed by atoms with Crippen LogP contribution in [0.1, 0.15) is 44.1 Å². The number of carbonyl (C=O) groups is 1. The summed E-state index contributed by atoms with van der Waals surface area (Å²) in [5.74, 6) is 2.09. The van der Waals surface area contributed by atoms with Gasteiger partial charge in [0.05, 0.1) is 10.3 Å².